The molecule has 0 spiro atoms. The summed E-state index contributed by atoms with van der Waals surface area (Å²) in [6.45, 7) is 5.89. The summed E-state index contributed by atoms with van der Waals surface area (Å²) in [5.74, 6) is 0.210. The van der Waals surface area contributed by atoms with E-state index in [9.17, 15) is 13.2 Å². The Labute approximate surface area is 205 Å². The Bertz CT molecular complexity index is 1240. The van der Waals surface area contributed by atoms with Gasteiger partial charge in [-0.3, -0.25) is 14.4 Å². The maximum absolute atomic E-state index is 13.1. The van der Waals surface area contributed by atoms with Crippen LogP contribution in [0.2, 0.25) is 0 Å². The van der Waals surface area contributed by atoms with Crippen LogP contribution in [0.3, 0.4) is 0 Å². The van der Waals surface area contributed by atoms with Crippen molar-refractivity contribution in [2.45, 2.75) is 31.8 Å². The number of hydrogen-bond acceptors (Lipinski definition) is 5. The lowest BCUT2D eigenvalue weighted by molar-refractivity contribution is 0.0977. The summed E-state index contributed by atoms with van der Waals surface area (Å²) in [5, 5.41) is 5.61. The zero-order valence-electron chi connectivity index (χ0n) is 19.2. The fourth-order valence-corrected chi connectivity index (χ4v) is 4.93. The largest absolute Gasteiger partial charge is 0.491 e. The third kappa shape index (κ3) is 6.33. The van der Waals surface area contributed by atoms with Gasteiger partial charge in [-0.2, -0.15) is 0 Å². The third-order valence-corrected chi connectivity index (χ3v) is 6.85. The van der Waals surface area contributed by atoms with Crippen LogP contribution in [0.25, 0.3) is 0 Å². The molecule has 2 N–H and O–H groups in total. The Hall–Kier alpha value is -3.43. The average Bonchev–Trinajstić information content (AvgIpc) is 2.80. The molecule has 178 valence electrons. The highest BCUT2D eigenvalue weighted by molar-refractivity contribution is 7.92. The van der Waals surface area contributed by atoms with Crippen LogP contribution in [-0.4, -0.2) is 32.1 Å². The summed E-state index contributed by atoms with van der Waals surface area (Å²) in [5.41, 5.74) is 1.55. The lowest BCUT2D eigenvalue weighted by Crippen LogP contribution is -2.34. The normalized spacial score (nSPS) is 11.1. The Morgan fingerprint density at radius 2 is 1.68 bits per heavy atom. The molecular formula is C25H27N3O4S2. The van der Waals surface area contributed by atoms with Crippen molar-refractivity contribution in [2.75, 3.05) is 16.2 Å². The second-order valence-electron chi connectivity index (χ2n) is 7.63. The number of hydrogen-bond donors (Lipinski definition) is 2. The maximum Gasteiger partial charge on any atom is 0.264 e. The van der Waals surface area contributed by atoms with Gasteiger partial charge in [0.05, 0.1) is 16.7 Å². The van der Waals surface area contributed by atoms with Crippen molar-refractivity contribution in [1.82, 2.24) is 5.32 Å². The lowest BCUT2D eigenvalue weighted by atomic mass is 10.2. The molecule has 0 aromatic heterocycles. The maximum atomic E-state index is 13.1. The molecule has 0 unspecified atom stereocenters. The van der Waals surface area contributed by atoms with E-state index in [4.69, 9.17) is 17.0 Å². The van der Waals surface area contributed by atoms with Gasteiger partial charge in [-0.1, -0.05) is 24.3 Å². The highest BCUT2D eigenvalue weighted by atomic mass is 32.2. The number of amides is 1. The van der Waals surface area contributed by atoms with Crippen molar-refractivity contribution in [3.05, 3.63) is 84.4 Å². The summed E-state index contributed by atoms with van der Waals surface area (Å²) in [4.78, 5) is 12.7. The first kappa shape index (κ1) is 25.2. The second kappa shape index (κ2) is 11.1. The van der Waals surface area contributed by atoms with Crippen LogP contribution in [0.4, 0.5) is 11.4 Å². The number of benzene rings is 3. The number of carbonyl (C=O) groups is 1. The predicted octanol–water partition coefficient (Wildman–Crippen LogP) is 4.82. The van der Waals surface area contributed by atoms with Crippen LogP contribution in [0.15, 0.2) is 83.8 Å². The van der Waals surface area contributed by atoms with Crippen molar-refractivity contribution in [2.24, 2.45) is 0 Å². The van der Waals surface area contributed by atoms with Crippen molar-refractivity contribution in [1.29, 1.82) is 0 Å². The third-order valence-electron chi connectivity index (χ3n) is 4.73. The Kier molecular flexibility index (Phi) is 8.25. The molecule has 0 atom stereocenters. The highest BCUT2D eigenvalue weighted by Crippen LogP contribution is 2.24. The van der Waals surface area contributed by atoms with Crippen molar-refractivity contribution in [3.63, 3.8) is 0 Å². The van der Waals surface area contributed by atoms with Gasteiger partial charge in [0.1, 0.15) is 5.75 Å². The van der Waals surface area contributed by atoms with Crippen LogP contribution >= 0.6 is 12.2 Å². The zero-order valence-corrected chi connectivity index (χ0v) is 20.8. The molecule has 0 radical (unpaired) electrons. The van der Waals surface area contributed by atoms with Crippen molar-refractivity contribution >= 4 is 44.6 Å². The minimum Gasteiger partial charge on any atom is -0.491 e. The molecular weight excluding hydrogens is 470 g/mol. The molecule has 0 saturated heterocycles. The lowest BCUT2D eigenvalue weighted by Gasteiger charge is -2.23. The van der Waals surface area contributed by atoms with E-state index in [1.807, 2.05) is 19.9 Å². The number of ether oxygens (including phenoxy) is 1. The number of nitrogens with one attached hydrogen (secondary N) is 2. The number of anilines is 2. The van der Waals surface area contributed by atoms with E-state index in [2.05, 4.69) is 10.6 Å². The molecule has 0 saturated carbocycles. The topological polar surface area (TPSA) is 87.7 Å². The Morgan fingerprint density at radius 3 is 2.29 bits per heavy atom. The van der Waals surface area contributed by atoms with E-state index < -0.39 is 10.0 Å². The molecule has 0 aliphatic carbocycles. The van der Waals surface area contributed by atoms with Gasteiger partial charge >= 0.3 is 0 Å². The van der Waals surface area contributed by atoms with Gasteiger partial charge in [0, 0.05) is 17.8 Å². The van der Waals surface area contributed by atoms with Gasteiger partial charge in [-0.25, -0.2) is 8.42 Å². The zero-order chi connectivity index (χ0) is 24.7. The summed E-state index contributed by atoms with van der Waals surface area (Å²) < 4.78 is 33.2. The van der Waals surface area contributed by atoms with E-state index in [-0.39, 0.29) is 22.0 Å². The molecule has 9 heteroatoms. The molecule has 3 aromatic carbocycles. The van der Waals surface area contributed by atoms with E-state index in [0.29, 0.717) is 29.2 Å². The smallest absolute Gasteiger partial charge is 0.264 e. The monoisotopic (exact) mass is 497 g/mol. The molecule has 34 heavy (non-hydrogen) atoms. The van der Waals surface area contributed by atoms with Gasteiger partial charge in [0.2, 0.25) is 0 Å². The van der Waals surface area contributed by atoms with Crippen LogP contribution in [-0.2, 0) is 10.0 Å². The van der Waals surface area contributed by atoms with Gasteiger partial charge in [-0.05, 0) is 87.6 Å². The van der Waals surface area contributed by atoms with E-state index in [1.54, 1.807) is 67.6 Å². The van der Waals surface area contributed by atoms with Gasteiger partial charge in [0.15, 0.2) is 5.11 Å². The first-order valence-corrected chi connectivity index (χ1v) is 12.6. The van der Waals surface area contributed by atoms with E-state index in [1.165, 1.54) is 16.4 Å². The van der Waals surface area contributed by atoms with Gasteiger partial charge in [0.25, 0.3) is 15.9 Å². The number of nitrogens with zero attached hydrogens (tertiary/aromatic N) is 1. The summed E-state index contributed by atoms with van der Waals surface area (Å²) >= 11 is 5.24. The van der Waals surface area contributed by atoms with Crippen LogP contribution < -0.4 is 19.7 Å². The van der Waals surface area contributed by atoms with E-state index in [0.717, 1.165) is 0 Å². The number of thiocarbonyl (C=S) groups is 1. The summed E-state index contributed by atoms with van der Waals surface area (Å²) in [6, 6.07) is 21.9. The van der Waals surface area contributed by atoms with Gasteiger partial charge < -0.3 is 10.1 Å². The predicted molar refractivity (Wildman–Crippen MR) is 139 cm³/mol. The molecule has 7 nitrogen and oxygen atoms in total. The number of rotatable bonds is 8. The fourth-order valence-electron chi connectivity index (χ4n) is 3.24. The van der Waals surface area contributed by atoms with Crippen LogP contribution in [0.1, 0.15) is 31.1 Å². The molecule has 1 amide bonds. The number of para-hydroxylation sites is 1. The van der Waals surface area contributed by atoms with Crippen LogP contribution in [0.5, 0.6) is 5.75 Å². The standard InChI is InChI=1S/C25H27N3O4S2/c1-4-28(21-10-6-5-7-11-21)34(30,31)23-15-13-20(14-16-23)26-25(33)27-24(29)19-9-8-12-22(17-19)32-18(2)3/h5-18H,4H2,1-3H3,(H2,26,27,29,33). The summed E-state index contributed by atoms with van der Waals surface area (Å²) in [6.07, 6.45) is -0.00932. The molecule has 0 aliphatic rings. The molecule has 0 fully saturated rings. The molecule has 3 aromatic rings. The fraction of sp³-hybridized carbons (Fsp3) is 0.200. The first-order valence-electron chi connectivity index (χ1n) is 10.8. The quantitative estimate of drug-likeness (QED) is 0.434. The second-order valence-corrected chi connectivity index (χ2v) is 9.90. The van der Waals surface area contributed by atoms with E-state index >= 15 is 0 Å². The molecule has 0 aliphatic heterocycles. The molecule has 0 heterocycles. The van der Waals surface area contributed by atoms with Crippen molar-refractivity contribution < 1.29 is 17.9 Å². The molecule has 3 rings (SSSR count). The Balaban J connectivity index is 1.66. The number of sulfonamides is 1. The van der Waals surface area contributed by atoms with Crippen molar-refractivity contribution in [3.8, 4) is 5.75 Å². The van der Waals surface area contributed by atoms with Crippen LogP contribution in [0, 0.1) is 0 Å². The minimum absolute atomic E-state index is 0.00932. The first-order chi connectivity index (χ1) is 16.2. The summed E-state index contributed by atoms with van der Waals surface area (Å²) in [7, 11) is -3.73. The highest BCUT2D eigenvalue weighted by Gasteiger charge is 2.23. The minimum atomic E-state index is -3.73. The van der Waals surface area contributed by atoms with Gasteiger partial charge in [-0.15, -0.1) is 0 Å². The SMILES string of the molecule is CCN(c1ccccc1)S(=O)(=O)c1ccc(NC(=S)NC(=O)c2cccc(OC(C)C)c2)cc1. The molecule has 0 bridgehead atoms. The average molecular weight is 498 g/mol. The number of carbonyl (C=O) groups excluding carboxylic acids is 1. The Morgan fingerprint density at radius 1 is 1.00 bits per heavy atom.